The topological polar surface area (TPSA) is 61.5 Å². The molecule has 18 heavy (non-hydrogen) atoms. The Labute approximate surface area is 111 Å². The van der Waals surface area contributed by atoms with Crippen LogP contribution in [0.4, 0.5) is 0 Å². The zero-order chi connectivity index (χ0) is 14.0. The van der Waals surface area contributed by atoms with Crippen molar-refractivity contribution in [1.29, 1.82) is 0 Å². The lowest BCUT2D eigenvalue weighted by Gasteiger charge is -2.11. The average Bonchev–Trinajstić information content (AvgIpc) is 2.39. The van der Waals surface area contributed by atoms with Gasteiger partial charge in [-0.1, -0.05) is 20.3 Å². The number of benzene rings is 1. The van der Waals surface area contributed by atoms with Gasteiger partial charge in [-0.25, -0.2) is 0 Å². The lowest BCUT2D eigenvalue weighted by molar-refractivity contribution is 0.401. The monoisotopic (exact) mass is 271 g/mol. The van der Waals surface area contributed by atoms with Crippen LogP contribution in [0, 0.1) is 0 Å². The van der Waals surface area contributed by atoms with Crippen molar-refractivity contribution >= 4 is 13.8 Å². The SMILES string of the molecule is CCC.COc1cc(P=O)c(OC)cc1CCN. The first-order chi connectivity index (χ1) is 8.68. The van der Waals surface area contributed by atoms with Gasteiger partial charge in [0.1, 0.15) is 11.5 Å². The summed E-state index contributed by atoms with van der Waals surface area (Å²) in [4.78, 5) is 0. The van der Waals surface area contributed by atoms with Crippen molar-refractivity contribution in [1.82, 2.24) is 0 Å². The van der Waals surface area contributed by atoms with Crippen LogP contribution >= 0.6 is 8.46 Å². The Morgan fingerprint density at radius 1 is 1.17 bits per heavy atom. The largest absolute Gasteiger partial charge is 0.496 e. The minimum absolute atomic E-state index is 0.0813. The van der Waals surface area contributed by atoms with Crippen LogP contribution in [0.5, 0.6) is 11.5 Å². The van der Waals surface area contributed by atoms with Gasteiger partial charge in [0.05, 0.1) is 19.5 Å². The van der Waals surface area contributed by atoms with Gasteiger partial charge in [-0.15, -0.1) is 0 Å². The van der Waals surface area contributed by atoms with Crippen molar-refractivity contribution in [3.8, 4) is 11.5 Å². The molecule has 0 amide bonds. The van der Waals surface area contributed by atoms with Crippen molar-refractivity contribution in [2.24, 2.45) is 5.73 Å². The maximum atomic E-state index is 10.9. The van der Waals surface area contributed by atoms with E-state index in [1.807, 2.05) is 6.07 Å². The molecule has 0 aliphatic rings. The highest BCUT2D eigenvalue weighted by atomic mass is 31.1. The van der Waals surface area contributed by atoms with Gasteiger partial charge in [0.2, 0.25) is 0 Å². The molecule has 0 aliphatic carbocycles. The Balaban J connectivity index is 0.000000873. The molecule has 0 saturated carbocycles. The summed E-state index contributed by atoms with van der Waals surface area (Å²) in [6, 6.07) is 3.52. The molecule has 1 aromatic rings. The smallest absolute Gasteiger partial charge is 0.196 e. The molecule has 5 heteroatoms. The van der Waals surface area contributed by atoms with E-state index in [0.29, 0.717) is 29.8 Å². The average molecular weight is 271 g/mol. The fourth-order valence-corrected chi connectivity index (χ4v) is 1.78. The Kier molecular flexibility index (Phi) is 9.25. The van der Waals surface area contributed by atoms with Gasteiger partial charge in [-0.2, -0.15) is 0 Å². The molecule has 102 valence electrons. The molecule has 1 rings (SSSR count). The van der Waals surface area contributed by atoms with E-state index in [0.717, 1.165) is 5.56 Å². The molecule has 4 nitrogen and oxygen atoms in total. The van der Waals surface area contributed by atoms with Crippen LogP contribution in [-0.2, 0) is 11.0 Å². The molecule has 0 unspecified atom stereocenters. The molecule has 0 heterocycles. The first-order valence-electron chi connectivity index (χ1n) is 5.96. The Morgan fingerprint density at radius 3 is 2.11 bits per heavy atom. The van der Waals surface area contributed by atoms with E-state index in [1.54, 1.807) is 20.3 Å². The first kappa shape index (κ1) is 16.9. The van der Waals surface area contributed by atoms with Crippen molar-refractivity contribution in [2.75, 3.05) is 20.8 Å². The van der Waals surface area contributed by atoms with Crippen LogP contribution < -0.4 is 20.5 Å². The van der Waals surface area contributed by atoms with Gasteiger partial charge < -0.3 is 15.2 Å². The van der Waals surface area contributed by atoms with E-state index in [9.17, 15) is 4.57 Å². The van der Waals surface area contributed by atoms with Crippen molar-refractivity contribution in [2.45, 2.75) is 26.7 Å². The third-order valence-electron chi connectivity index (χ3n) is 2.09. The summed E-state index contributed by atoms with van der Waals surface area (Å²) in [5.74, 6) is 1.29. The highest BCUT2D eigenvalue weighted by molar-refractivity contribution is 7.34. The molecule has 0 atom stereocenters. The molecule has 0 saturated heterocycles. The number of ether oxygens (including phenoxy) is 2. The second-order valence-electron chi connectivity index (χ2n) is 3.67. The lowest BCUT2D eigenvalue weighted by Crippen LogP contribution is -2.08. The highest BCUT2D eigenvalue weighted by Gasteiger charge is 2.10. The molecule has 1 aromatic carbocycles. The maximum absolute atomic E-state index is 10.9. The Bertz CT molecular complexity index is 369. The van der Waals surface area contributed by atoms with Crippen molar-refractivity contribution in [3.05, 3.63) is 17.7 Å². The normalized spacial score (nSPS) is 9.61. The van der Waals surface area contributed by atoms with Crippen LogP contribution in [0.2, 0.25) is 0 Å². The molecule has 0 spiro atoms. The predicted molar refractivity (Wildman–Crippen MR) is 75.5 cm³/mol. The molecule has 0 bridgehead atoms. The molecule has 0 aliphatic heterocycles. The lowest BCUT2D eigenvalue weighted by atomic mass is 10.1. The zero-order valence-electron chi connectivity index (χ0n) is 11.5. The van der Waals surface area contributed by atoms with Crippen LogP contribution in [0.1, 0.15) is 25.8 Å². The minimum Gasteiger partial charge on any atom is -0.496 e. The minimum atomic E-state index is -0.0813. The van der Waals surface area contributed by atoms with Gasteiger partial charge in [-0.05, 0) is 30.7 Å². The van der Waals surface area contributed by atoms with Gasteiger partial charge >= 0.3 is 0 Å². The second kappa shape index (κ2) is 9.86. The molecule has 0 aromatic heterocycles. The first-order valence-corrected chi connectivity index (χ1v) is 6.77. The van der Waals surface area contributed by atoms with E-state index >= 15 is 0 Å². The molecular weight excluding hydrogens is 249 g/mol. The third-order valence-corrected chi connectivity index (χ3v) is 2.64. The zero-order valence-corrected chi connectivity index (χ0v) is 12.4. The predicted octanol–water partition coefficient (Wildman–Crippen LogP) is 2.54. The van der Waals surface area contributed by atoms with Crippen LogP contribution in [0.15, 0.2) is 12.1 Å². The second-order valence-corrected chi connectivity index (χ2v) is 4.34. The number of hydrogen-bond acceptors (Lipinski definition) is 4. The van der Waals surface area contributed by atoms with Crippen molar-refractivity contribution in [3.63, 3.8) is 0 Å². The van der Waals surface area contributed by atoms with E-state index in [4.69, 9.17) is 15.2 Å². The summed E-state index contributed by atoms with van der Waals surface area (Å²) in [7, 11) is 3.04. The quantitative estimate of drug-likeness (QED) is 0.836. The van der Waals surface area contributed by atoms with E-state index in [2.05, 4.69) is 13.8 Å². The summed E-state index contributed by atoms with van der Waals surface area (Å²) in [5.41, 5.74) is 6.45. The number of rotatable bonds is 5. The van der Waals surface area contributed by atoms with Gasteiger partial charge in [0.25, 0.3) is 0 Å². The maximum Gasteiger partial charge on any atom is 0.196 e. The van der Waals surface area contributed by atoms with E-state index < -0.39 is 0 Å². The van der Waals surface area contributed by atoms with Gasteiger partial charge in [0, 0.05) is 0 Å². The third kappa shape index (κ3) is 5.03. The summed E-state index contributed by atoms with van der Waals surface area (Å²) in [6.07, 6.45) is 1.95. The van der Waals surface area contributed by atoms with Crippen LogP contribution in [-0.4, -0.2) is 20.8 Å². The van der Waals surface area contributed by atoms with Crippen LogP contribution in [0.3, 0.4) is 0 Å². The van der Waals surface area contributed by atoms with Crippen LogP contribution in [0.25, 0.3) is 0 Å². The summed E-state index contributed by atoms with van der Waals surface area (Å²) in [5, 5.41) is 0.579. The van der Waals surface area contributed by atoms with Gasteiger partial charge in [0.15, 0.2) is 8.46 Å². The van der Waals surface area contributed by atoms with E-state index in [1.165, 1.54) is 6.42 Å². The van der Waals surface area contributed by atoms with E-state index in [-0.39, 0.29) is 8.46 Å². The summed E-state index contributed by atoms with van der Waals surface area (Å²) >= 11 is 0. The number of hydrogen-bond donors (Lipinski definition) is 1. The summed E-state index contributed by atoms with van der Waals surface area (Å²) in [6.45, 7) is 4.79. The number of nitrogens with two attached hydrogens (primary N) is 1. The molecule has 0 radical (unpaired) electrons. The molecule has 2 N–H and O–H groups in total. The fraction of sp³-hybridized carbons (Fsp3) is 0.538. The number of methoxy groups -OCH3 is 2. The highest BCUT2D eigenvalue weighted by Crippen LogP contribution is 2.25. The fourth-order valence-electron chi connectivity index (χ4n) is 1.37. The standard InChI is InChI=1S/C10H14NO3P.C3H8/c1-13-8-6-10(15-12)9(14-2)5-7(8)3-4-11;1-3-2/h5-6H,3-4,11H2,1-2H3;3H2,1-2H3. The Morgan fingerprint density at radius 2 is 1.72 bits per heavy atom. The van der Waals surface area contributed by atoms with Crippen molar-refractivity contribution < 1.29 is 14.0 Å². The molecule has 0 fully saturated rings. The molecular formula is C13H22NO3P. The summed E-state index contributed by atoms with van der Waals surface area (Å²) < 4.78 is 21.2. The Hall–Kier alpha value is -1.12. The van der Waals surface area contributed by atoms with Gasteiger partial charge in [-0.3, -0.25) is 4.57 Å².